The summed E-state index contributed by atoms with van der Waals surface area (Å²) in [7, 11) is -5.64. The molecule has 0 aromatic heterocycles. The Hall–Kier alpha value is -1.90. The van der Waals surface area contributed by atoms with Gasteiger partial charge in [-0.3, -0.25) is 0 Å². The van der Waals surface area contributed by atoms with E-state index in [1.165, 1.54) is 19.2 Å². The second kappa shape index (κ2) is 7.85. The third kappa shape index (κ3) is 4.39. The molecule has 1 atom stereocenters. The van der Waals surface area contributed by atoms with E-state index in [4.69, 9.17) is 4.74 Å². The molecule has 3 rings (SSSR count). The molecule has 8 heteroatoms. The molecular formula is C20H25NO5S2. The van der Waals surface area contributed by atoms with Crippen molar-refractivity contribution in [1.82, 2.24) is 4.72 Å². The van der Waals surface area contributed by atoms with Crippen LogP contribution in [-0.4, -0.2) is 30.2 Å². The molecule has 1 N–H and O–H groups in total. The molecule has 0 spiro atoms. The number of hydrogen-bond donors (Lipinski definition) is 1. The van der Waals surface area contributed by atoms with Gasteiger partial charge in [-0.15, -0.1) is 0 Å². The Morgan fingerprint density at radius 2 is 1.54 bits per heavy atom. The zero-order valence-corrected chi connectivity index (χ0v) is 17.9. The number of aryl methyl sites for hydroxylation is 2. The first kappa shape index (κ1) is 20.8. The van der Waals surface area contributed by atoms with Crippen LogP contribution in [0.4, 0.5) is 0 Å². The quantitative estimate of drug-likeness (QED) is 0.771. The minimum atomic E-state index is -3.82. The normalized spacial score (nSPS) is 15.7. The van der Waals surface area contributed by atoms with E-state index in [0.29, 0.717) is 11.3 Å². The van der Waals surface area contributed by atoms with E-state index in [-0.39, 0.29) is 9.79 Å². The summed E-state index contributed by atoms with van der Waals surface area (Å²) < 4.78 is 57.2. The molecule has 0 fully saturated rings. The minimum Gasteiger partial charge on any atom is -0.495 e. The maximum atomic E-state index is 13.0. The lowest BCUT2D eigenvalue weighted by Crippen LogP contribution is -2.27. The zero-order chi connectivity index (χ0) is 20.5. The molecule has 0 saturated carbocycles. The van der Waals surface area contributed by atoms with E-state index in [2.05, 4.69) is 4.72 Å². The smallest absolute Gasteiger partial charge is 0.244 e. The maximum absolute atomic E-state index is 13.0. The lowest BCUT2D eigenvalue weighted by molar-refractivity contribution is 0.400. The molecular weight excluding hydrogens is 398 g/mol. The summed E-state index contributed by atoms with van der Waals surface area (Å²) in [4.78, 5) is 0.331. The van der Waals surface area contributed by atoms with Crippen molar-refractivity contribution in [2.24, 2.45) is 0 Å². The van der Waals surface area contributed by atoms with Crippen molar-refractivity contribution < 1.29 is 21.6 Å². The molecule has 2 aromatic carbocycles. The van der Waals surface area contributed by atoms with Gasteiger partial charge in [0, 0.05) is 12.3 Å². The van der Waals surface area contributed by atoms with Crippen LogP contribution < -0.4 is 9.46 Å². The van der Waals surface area contributed by atoms with Crippen LogP contribution in [0.3, 0.4) is 0 Å². The predicted molar refractivity (Wildman–Crippen MR) is 108 cm³/mol. The summed E-state index contributed by atoms with van der Waals surface area (Å²) in [6.07, 6.45) is 5.08. The second-order valence-electron chi connectivity index (χ2n) is 7.16. The number of fused-ring (bicyclic) bond motifs is 1. The summed E-state index contributed by atoms with van der Waals surface area (Å²) in [5.74, 6) is 0.341. The Morgan fingerprint density at radius 3 is 2.07 bits per heavy atom. The van der Waals surface area contributed by atoms with Gasteiger partial charge >= 0.3 is 0 Å². The average Bonchev–Trinajstić information content (AvgIpc) is 2.66. The van der Waals surface area contributed by atoms with Gasteiger partial charge in [0.2, 0.25) is 10.0 Å². The van der Waals surface area contributed by atoms with Gasteiger partial charge in [0.05, 0.1) is 12.0 Å². The van der Waals surface area contributed by atoms with E-state index in [1.54, 1.807) is 25.1 Å². The molecule has 0 radical (unpaired) electrons. The Morgan fingerprint density at radius 1 is 0.964 bits per heavy atom. The first-order valence-corrected chi connectivity index (χ1v) is 12.5. The molecule has 1 aliphatic carbocycles. The molecule has 0 bridgehead atoms. The number of sulfonamides is 1. The molecule has 28 heavy (non-hydrogen) atoms. The molecule has 0 saturated heterocycles. The van der Waals surface area contributed by atoms with Gasteiger partial charge in [0.1, 0.15) is 10.6 Å². The highest BCUT2D eigenvalue weighted by Gasteiger charge is 2.25. The summed E-state index contributed by atoms with van der Waals surface area (Å²) in [6, 6.07) is 9.22. The van der Waals surface area contributed by atoms with Crippen molar-refractivity contribution in [2.75, 3.05) is 13.4 Å². The number of benzene rings is 2. The Balaban J connectivity index is 1.89. The van der Waals surface area contributed by atoms with E-state index in [1.807, 2.05) is 6.07 Å². The highest BCUT2D eigenvalue weighted by Crippen LogP contribution is 2.32. The lowest BCUT2D eigenvalue weighted by Gasteiger charge is -2.21. The third-order valence-corrected chi connectivity index (χ3v) is 7.75. The first-order valence-electron chi connectivity index (χ1n) is 9.14. The van der Waals surface area contributed by atoms with E-state index < -0.39 is 25.9 Å². The summed E-state index contributed by atoms with van der Waals surface area (Å²) in [5, 5.41) is 0. The van der Waals surface area contributed by atoms with Crippen LogP contribution in [0.5, 0.6) is 5.75 Å². The predicted octanol–water partition coefficient (Wildman–Crippen LogP) is 3.02. The van der Waals surface area contributed by atoms with Crippen LogP contribution in [-0.2, 0) is 32.7 Å². The zero-order valence-electron chi connectivity index (χ0n) is 16.2. The maximum Gasteiger partial charge on any atom is 0.244 e. The number of sulfone groups is 1. The highest BCUT2D eigenvalue weighted by atomic mass is 32.2. The summed E-state index contributed by atoms with van der Waals surface area (Å²) in [5.41, 5.74) is 2.87. The van der Waals surface area contributed by atoms with Crippen molar-refractivity contribution in [1.29, 1.82) is 0 Å². The van der Waals surface area contributed by atoms with Gasteiger partial charge in [-0.05, 0) is 73.6 Å². The summed E-state index contributed by atoms with van der Waals surface area (Å²) in [6.45, 7) is 1.72. The molecule has 1 unspecified atom stereocenters. The third-order valence-electron chi connectivity index (χ3n) is 5.06. The molecule has 1 aliphatic rings. The largest absolute Gasteiger partial charge is 0.495 e. The van der Waals surface area contributed by atoms with Crippen molar-refractivity contribution in [3.05, 3.63) is 53.1 Å². The Labute approximate surface area is 166 Å². The van der Waals surface area contributed by atoms with Gasteiger partial charge in [-0.1, -0.05) is 12.1 Å². The highest BCUT2D eigenvalue weighted by molar-refractivity contribution is 7.90. The van der Waals surface area contributed by atoms with Crippen molar-refractivity contribution in [3.8, 4) is 5.75 Å². The fraction of sp³-hybridized carbons (Fsp3) is 0.400. The molecule has 0 heterocycles. The van der Waals surface area contributed by atoms with Crippen molar-refractivity contribution in [2.45, 2.75) is 48.4 Å². The van der Waals surface area contributed by atoms with Gasteiger partial charge < -0.3 is 4.74 Å². The number of methoxy groups -OCH3 is 1. The average molecular weight is 424 g/mol. The number of rotatable bonds is 6. The van der Waals surface area contributed by atoms with E-state index in [0.717, 1.165) is 43.1 Å². The Kier molecular flexibility index (Phi) is 5.84. The second-order valence-corrected chi connectivity index (χ2v) is 10.9. The molecule has 2 aromatic rings. The van der Waals surface area contributed by atoms with Crippen LogP contribution >= 0.6 is 0 Å². The van der Waals surface area contributed by atoms with Crippen LogP contribution in [0.15, 0.2) is 46.2 Å². The SMILES string of the molecule is COc1cc2c(cc1S(=O)(=O)NC(C)c1ccc(S(C)(=O)=O)cc1)CCCC2. The molecule has 152 valence electrons. The first-order chi connectivity index (χ1) is 13.1. The molecule has 0 amide bonds. The van der Waals surface area contributed by atoms with Crippen LogP contribution in [0.2, 0.25) is 0 Å². The van der Waals surface area contributed by atoms with E-state index in [9.17, 15) is 16.8 Å². The molecule has 6 nitrogen and oxygen atoms in total. The Bertz CT molecular complexity index is 1070. The monoisotopic (exact) mass is 423 g/mol. The van der Waals surface area contributed by atoms with Gasteiger partial charge in [0.15, 0.2) is 9.84 Å². The summed E-state index contributed by atoms with van der Waals surface area (Å²) >= 11 is 0. The van der Waals surface area contributed by atoms with Crippen molar-refractivity contribution >= 4 is 19.9 Å². The fourth-order valence-electron chi connectivity index (χ4n) is 3.48. The molecule has 0 aliphatic heterocycles. The van der Waals surface area contributed by atoms with Crippen LogP contribution in [0.1, 0.15) is 42.5 Å². The van der Waals surface area contributed by atoms with Crippen LogP contribution in [0, 0.1) is 0 Å². The topological polar surface area (TPSA) is 89.5 Å². The number of hydrogen-bond acceptors (Lipinski definition) is 5. The standard InChI is InChI=1S/C20H25NO5S2/c1-14(15-8-10-18(11-9-15)27(3,22)23)21-28(24,25)20-13-17-7-5-4-6-16(17)12-19(20)26-2/h8-14,21H,4-7H2,1-3H3. The van der Waals surface area contributed by atoms with Gasteiger partial charge in [-0.25, -0.2) is 21.6 Å². The lowest BCUT2D eigenvalue weighted by atomic mass is 9.92. The number of ether oxygens (including phenoxy) is 1. The van der Waals surface area contributed by atoms with E-state index >= 15 is 0 Å². The van der Waals surface area contributed by atoms with Crippen molar-refractivity contribution in [3.63, 3.8) is 0 Å². The minimum absolute atomic E-state index is 0.134. The fourth-order valence-corrected chi connectivity index (χ4v) is 5.54. The number of nitrogens with one attached hydrogen (secondary N) is 1. The van der Waals surface area contributed by atoms with Gasteiger partial charge in [-0.2, -0.15) is 0 Å². The van der Waals surface area contributed by atoms with Crippen LogP contribution in [0.25, 0.3) is 0 Å². The van der Waals surface area contributed by atoms with Gasteiger partial charge in [0.25, 0.3) is 0 Å².